The predicted octanol–water partition coefficient (Wildman–Crippen LogP) is 2.14. The third-order valence-electron chi connectivity index (χ3n) is 4.18. The quantitative estimate of drug-likeness (QED) is 0.888. The van der Waals surface area contributed by atoms with Crippen molar-refractivity contribution in [2.45, 2.75) is 18.8 Å². The molecule has 0 saturated carbocycles. The number of anilines is 1. The summed E-state index contributed by atoms with van der Waals surface area (Å²) in [5, 5.41) is 10.3. The van der Waals surface area contributed by atoms with Gasteiger partial charge in [0.2, 0.25) is 0 Å². The molecule has 0 spiro atoms. The Kier molecular flexibility index (Phi) is 3.31. The number of rotatable bonds is 2. The highest BCUT2D eigenvalue weighted by Gasteiger charge is 2.21. The summed E-state index contributed by atoms with van der Waals surface area (Å²) in [5.74, 6) is 1.92. The van der Waals surface area contributed by atoms with Crippen LogP contribution in [0.2, 0.25) is 0 Å². The van der Waals surface area contributed by atoms with Crippen molar-refractivity contribution in [1.82, 2.24) is 10.5 Å². The van der Waals surface area contributed by atoms with E-state index in [4.69, 9.17) is 9.26 Å². The topological polar surface area (TPSA) is 76.4 Å². The second-order valence-electron chi connectivity index (χ2n) is 5.69. The lowest BCUT2D eigenvalue weighted by atomic mass is 9.95. The molecule has 0 unspecified atom stereocenters. The van der Waals surface area contributed by atoms with E-state index in [1.165, 1.54) is 0 Å². The number of amides is 1. The van der Waals surface area contributed by atoms with Crippen molar-refractivity contribution >= 4 is 11.6 Å². The van der Waals surface area contributed by atoms with Crippen molar-refractivity contribution in [3.05, 3.63) is 30.0 Å². The van der Waals surface area contributed by atoms with Crippen LogP contribution in [0.15, 0.2) is 28.8 Å². The Morgan fingerprint density at radius 2 is 2.05 bits per heavy atom. The summed E-state index contributed by atoms with van der Waals surface area (Å²) in [5.41, 5.74) is 2.38. The summed E-state index contributed by atoms with van der Waals surface area (Å²) in [7, 11) is 0. The molecular weight excluding hydrogens is 282 g/mol. The van der Waals surface area contributed by atoms with Gasteiger partial charge in [-0.3, -0.25) is 4.79 Å². The number of ether oxygens (including phenoxy) is 1. The van der Waals surface area contributed by atoms with Crippen LogP contribution >= 0.6 is 0 Å². The summed E-state index contributed by atoms with van der Waals surface area (Å²) < 4.78 is 10.9. The van der Waals surface area contributed by atoms with Crippen molar-refractivity contribution in [3.63, 3.8) is 0 Å². The van der Waals surface area contributed by atoms with E-state index >= 15 is 0 Å². The van der Waals surface area contributed by atoms with Gasteiger partial charge in [0.15, 0.2) is 6.61 Å². The number of hydrogen-bond donors (Lipinski definition) is 2. The maximum absolute atomic E-state index is 11.4. The Bertz CT molecular complexity index is 704. The van der Waals surface area contributed by atoms with Crippen molar-refractivity contribution in [3.8, 4) is 17.0 Å². The highest BCUT2D eigenvalue weighted by atomic mass is 16.5. The Morgan fingerprint density at radius 3 is 2.91 bits per heavy atom. The first-order valence-corrected chi connectivity index (χ1v) is 7.54. The van der Waals surface area contributed by atoms with Gasteiger partial charge in [-0.2, -0.15) is 0 Å². The Labute approximate surface area is 127 Å². The Balaban J connectivity index is 1.61. The van der Waals surface area contributed by atoms with Crippen LogP contribution in [0.3, 0.4) is 0 Å². The molecule has 6 heteroatoms. The number of fused-ring (bicyclic) bond motifs is 1. The van der Waals surface area contributed by atoms with Gasteiger partial charge in [-0.25, -0.2) is 0 Å². The lowest BCUT2D eigenvalue weighted by molar-refractivity contribution is -0.118. The molecule has 22 heavy (non-hydrogen) atoms. The minimum Gasteiger partial charge on any atom is -0.482 e. The predicted molar refractivity (Wildman–Crippen MR) is 80.9 cm³/mol. The fourth-order valence-electron chi connectivity index (χ4n) is 2.97. The normalized spacial score (nSPS) is 18.5. The van der Waals surface area contributed by atoms with Gasteiger partial charge in [-0.05, 0) is 44.1 Å². The van der Waals surface area contributed by atoms with E-state index in [1.807, 2.05) is 24.3 Å². The van der Waals surface area contributed by atoms with Crippen LogP contribution in [-0.2, 0) is 4.79 Å². The number of aromatic nitrogens is 1. The van der Waals surface area contributed by atoms with Crippen molar-refractivity contribution in [1.29, 1.82) is 0 Å². The molecular formula is C16H17N3O3. The number of nitrogens with one attached hydrogen (secondary N) is 2. The summed E-state index contributed by atoms with van der Waals surface area (Å²) in [4.78, 5) is 11.4. The van der Waals surface area contributed by atoms with Crippen LogP contribution in [0, 0.1) is 0 Å². The van der Waals surface area contributed by atoms with Crippen LogP contribution < -0.4 is 15.4 Å². The minimum atomic E-state index is -0.139. The van der Waals surface area contributed by atoms with Crippen LogP contribution in [0.1, 0.15) is 24.5 Å². The number of carbonyl (C=O) groups is 1. The third-order valence-corrected chi connectivity index (χ3v) is 4.18. The van der Waals surface area contributed by atoms with Crippen LogP contribution in [-0.4, -0.2) is 30.8 Å². The zero-order valence-electron chi connectivity index (χ0n) is 12.1. The molecule has 3 heterocycles. The maximum Gasteiger partial charge on any atom is 0.262 e. The molecule has 4 rings (SSSR count). The number of nitrogens with zero attached hydrogens (tertiary/aromatic N) is 1. The number of piperidine rings is 1. The first-order valence-electron chi connectivity index (χ1n) is 7.54. The van der Waals surface area contributed by atoms with Crippen LogP contribution in [0.5, 0.6) is 5.75 Å². The summed E-state index contributed by atoms with van der Waals surface area (Å²) in [6, 6.07) is 7.66. The standard InChI is InChI=1S/C16H17N3O3/c20-16-9-21-14-2-1-11(7-13(14)18-16)12-8-15(22-19-12)10-3-5-17-6-4-10/h1-2,7-8,10,17H,3-6,9H2,(H,18,20). The van der Waals surface area contributed by atoms with Crippen molar-refractivity contribution < 1.29 is 14.1 Å². The largest absolute Gasteiger partial charge is 0.482 e. The number of hydrogen-bond acceptors (Lipinski definition) is 5. The molecule has 0 aliphatic carbocycles. The van der Waals surface area contributed by atoms with E-state index in [-0.39, 0.29) is 12.5 Å². The molecule has 1 aromatic carbocycles. The van der Waals surface area contributed by atoms with Gasteiger partial charge in [0.25, 0.3) is 5.91 Å². The first kappa shape index (κ1) is 13.3. The highest BCUT2D eigenvalue weighted by molar-refractivity contribution is 5.96. The van der Waals surface area contributed by atoms with Gasteiger partial charge in [0, 0.05) is 17.5 Å². The molecule has 2 aromatic rings. The van der Waals surface area contributed by atoms with Gasteiger partial charge in [-0.1, -0.05) is 5.16 Å². The molecule has 114 valence electrons. The number of benzene rings is 1. The zero-order valence-corrected chi connectivity index (χ0v) is 12.1. The fraction of sp³-hybridized carbons (Fsp3) is 0.375. The van der Waals surface area contributed by atoms with Gasteiger partial charge in [-0.15, -0.1) is 0 Å². The van der Waals surface area contributed by atoms with Gasteiger partial charge >= 0.3 is 0 Å². The van der Waals surface area contributed by atoms with E-state index in [2.05, 4.69) is 15.8 Å². The molecule has 1 amide bonds. The Hall–Kier alpha value is -2.34. The van der Waals surface area contributed by atoms with Crippen LogP contribution in [0.25, 0.3) is 11.3 Å². The first-order chi connectivity index (χ1) is 10.8. The second-order valence-corrected chi connectivity index (χ2v) is 5.69. The van der Waals surface area contributed by atoms with E-state index in [0.717, 1.165) is 42.9 Å². The van der Waals surface area contributed by atoms with E-state index in [1.54, 1.807) is 0 Å². The minimum absolute atomic E-state index is 0.0656. The van der Waals surface area contributed by atoms with E-state index in [0.29, 0.717) is 17.4 Å². The molecule has 0 atom stereocenters. The lowest BCUT2D eigenvalue weighted by Crippen LogP contribution is -2.26. The second kappa shape index (κ2) is 5.46. The molecule has 6 nitrogen and oxygen atoms in total. The van der Waals surface area contributed by atoms with E-state index in [9.17, 15) is 4.79 Å². The van der Waals surface area contributed by atoms with Crippen molar-refractivity contribution in [2.75, 3.05) is 25.0 Å². The maximum atomic E-state index is 11.4. The molecule has 0 radical (unpaired) electrons. The van der Waals surface area contributed by atoms with E-state index < -0.39 is 0 Å². The molecule has 2 N–H and O–H groups in total. The smallest absolute Gasteiger partial charge is 0.262 e. The summed E-state index contributed by atoms with van der Waals surface area (Å²) >= 11 is 0. The lowest BCUT2D eigenvalue weighted by Gasteiger charge is -2.19. The fourth-order valence-corrected chi connectivity index (χ4v) is 2.97. The summed E-state index contributed by atoms with van der Waals surface area (Å²) in [6.07, 6.45) is 2.14. The third kappa shape index (κ3) is 2.46. The van der Waals surface area contributed by atoms with Gasteiger partial charge in [0.05, 0.1) is 5.69 Å². The van der Waals surface area contributed by atoms with Gasteiger partial charge in [0.1, 0.15) is 17.2 Å². The SMILES string of the molecule is O=C1COc2ccc(-c3cc(C4CCNCC4)on3)cc2N1. The summed E-state index contributed by atoms with van der Waals surface area (Å²) in [6.45, 7) is 2.10. The monoisotopic (exact) mass is 299 g/mol. The molecule has 2 aliphatic rings. The van der Waals surface area contributed by atoms with Crippen molar-refractivity contribution in [2.24, 2.45) is 0 Å². The molecule has 2 aliphatic heterocycles. The zero-order chi connectivity index (χ0) is 14.9. The highest BCUT2D eigenvalue weighted by Crippen LogP contribution is 2.34. The van der Waals surface area contributed by atoms with Gasteiger partial charge < -0.3 is 19.9 Å². The number of carbonyl (C=O) groups excluding carboxylic acids is 1. The molecule has 1 saturated heterocycles. The molecule has 1 fully saturated rings. The van der Waals surface area contributed by atoms with Crippen LogP contribution in [0.4, 0.5) is 5.69 Å². The molecule has 1 aromatic heterocycles. The Morgan fingerprint density at radius 1 is 1.18 bits per heavy atom. The molecule has 0 bridgehead atoms. The average Bonchev–Trinajstić information content (AvgIpc) is 3.05. The average molecular weight is 299 g/mol.